The molecule has 0 aliphatic rings. The fourth-order valence-corrected chi connectivity index (χ4v) is 1.81. The second-order valence-electron chi connectivity index (χ2n) is 4.19. The minimum Gasteiger partial charge on any atom is -0.478 e. The van der Waals surface area contributed by atoms with Gasteiger partial charge in [0, 0.05) is 25.4 Å². The van der Waals surface area contributed by atoms with Gasteiger partial charge in [-0.2, -0.15) is 0 Å². The van der Waals surface area contributed by atoms with E-state index in [1.54, 1.807) is 0 Å². The zero-order valence-corrected chi connectivity index (χ0v) is 11.2. The third-order valence-electron chi connectivity index (χ3n) is 2.55. The fourth-order valence-electron chi connectivity index (χ4n) is 1.63. The zero-order chi connectivity index (χ0) is 13.7. The van der Waals surface area contributed by atoms with E-state index in [1.807, 2.05) is 18.7 Å². The third kappa shape index (κ3) is 3.58. The van der Waals surface area contributed by atoms with Crippen LogP contribution in [0.2, 0.25) is 5.02 Å². The number of aliphatic hydroxyl groups is 1. The highest BCUT2D eigenvalue weighted by Gasteiger charge is 2.16. The molecule has 0 radical (unpaired) electrons. The molecule has 0 amide bonds. The van der Waals surface area contributed by atoms with Crippen molar-refractivity contribution in [3.05, 3.63) is 22.8 Å². The molecule has 5 nitrogen and oxygen atoms in total. The molecule has 0 spiro atoms. The Bertz CT molecular complexity index is 424. The summed E-state index contributed by atoms with van der Waals surface area (Å²) in [5, 5.41) is 18.0. The van der Waals surface area contributed by atoms with Crippen molar-refractivity contribution in [1.29, 1.82) is 0 Å². The van der Waals surface area contributed by atoms with E-state index >= 15 is 0 Å². The van der Waals surface area contributed by atoms with E-state index in [0.717, 1.165) is 0 Å². The van der Waals surface area contributed by atoms with Gasteiger partial charge in [-0.3, -0.25) is 0 Å². The van der Waals surface area contributed by atoms with E-state index in [4.69, 9.17) is 21.8 Å². The molecule has 0 aliphatic carbocycles. The monoisotopic (exact) mass is 272 g/mol. The summed E-state index contributed by atoms with van der Waals surface area (Å²) in [6.07, 6.45) is 1.94. The van der Waals surface area contributed by atoms with Gasteiger partial charge in [-0.1, -0.05) is 11.6 Å². The molecule has 1 aromatic rings. The largest absolute Gasteiger partial charge is 0.478 e. The summed E-state index contributed by atoms with van der Waals surface area (Å²) in [7, 11) is 0. The van der Waals surface area contributed by atoms with Gasteiger partial charge < -0.3 is 15.1 Å². The van der Waals surface area contributed by atoms with Crippen LogP contribution in [-0.4, -0.2) is 40.4 Å². The van der Waals surface area contributed by atoms with E-state index in [9.17, 15) is 4.79 Å². The number of anilines is 1. The zero-order valence-electron chi connectivity index (χ0n) is 10.4. The predicted molar refractivity (Wildman–Crippen MR) is 70.4 cm³/mol. The minimum absolute atomic E-state index is 0.0383. The van der Waals surface area contributed by atoms with Crippen LogP contribution < -0.4 is 4.90 Å². The SMILES string of the molecule is CC(C)N(CCCO)c1cc(C(=O)O)c(Cl)cn1. The number of nitrogens with zero attached hydrogens (tertiary/aromatic N) is 2. The summed E-state index contributed by atoms with van der Waals surface area (Å²) < 4.78 is 0. The Morgan fingerprint density at radius 2 is 2.22 bits per heavy atom. The molecule has 0 saturated heterocycles. The van der Waals surface area contributed by atoms with Gasteiger partial charge in [0.2, 0.25) is 0 Å². The smallest absolute Gasteiger partial charge is 0.337 e. The molecule has 0 bridgehead atoms. The lowest BCUT2D eigenvalue weighted by Gasteiger charge is -2.27. The van der Waals surface area contributed by atoms with Gasteiger partial charge in [-0.05, 0) is 26.3 Å². The minimum atomic E-state index is -1.07. The van der Waals surface area contributed by atoms with Gasteiger partial charge in [-0.15, -0.1) is 0 Å². The molecular formula is C12H17ClN2O3. The molecule has 6 heteroatoms. The Morgan fingerprint density at radius 3 is 2.72 bits per heavy atom. The number of aliphatic hydroxyl groups excluding tert-OH is 1. The number of carboxylic acids is 1. The first-order valence-electron chi connectivity index (χ1n) is 5.73. The van der Waals surface area contributed by atoms with E-state index in [1.165, 1.54) is 12.3 Å². The molecule has 0 saturated carbocycles. The van der Waals surface area contributed by atoms with Crippen LogP contribution in [0.1, 0.15) is 30.6 Å². The first-order chi connectivity index (χ1) is 8.47. The molecule has 0 unspecified atom stereocenters. The van der Waals surface area contributed by atoms with Crippen molar-refractivity contribution in [2.24, 2.45) is 0 Å². The molecule has 0 atom stereocenters. The van der Waals surface area contributed by atoms with Crippen molar-refractivity contribution in [2.45, 2.75) is 26.3 Å². The lowest BCUT2D eigenvalue weighted by Crippen LogP contribution is -2.33. The van der Waals surface area contributed by atoms with Crippen molar-refractivity contribution >= 4 is 23.4 Å². The van der Waals surface area contributed by atoms with Crippen molar-refractivity contribution in [3.8, 4) is 0 Å². The maximum atomic E-state index is 11.0. The van der Waals surface area contributed by atoms with Crippen molar-refractivity contribution in [2.75, 3.05) is 18.1 Å². The summed E-state index contributed by atoms with van der Waals surface area (Å²) in [6, 6.07) is 1.62. The molecule has 100 valence electrons. The van der Waals surface area contributed by atoms with Crippen molar-refractivity contribution in [3.63, 3.8) is 0 Å². The van der Waals surface area contributed by atoms with Crippen LogP contribution >= 0.6 is 11.6 Å². The second kappa shape index (κ2) is 6.56. The lowest BCUT2D eigenvalue weighted by atomic mass is 10.2. The molecule has 1 rings (SSSR count). The van der Waals surface area contributed by atoms with E-state index in [0.29, 0.717) is 18.8 Å². The highest BCUT2D eigenvalue weighted by atomic mass is 35.5. The molecule has 1 aromatic heterocycles. The van der Waals surface area contributed by atoms with E-state index in [-0.39, 0.29) is 23.2 Å². The second-order valence-corrected chi connectivity index (χ2v) is 4.60. The number of pyridine rings is 1. The van der Waals surface area contributed by atoms with Gasteiger partial charge in [0.15, 0.2) is 0 Å². The normalized spacial score (nSPS) is 10.7. The van der Waals surface area contributed by atoms with Gasteiger partial charge >= 0.3 is 5.97 Å². The van der Waals surface area contributed by atoms with Gasteiger partial charge in [0.05, 0.1) is 10.6 Å². The Hall–Kier alpha value is -1.33. The van der Waals surface area contributed by atoms with Crippen LogP contribution in [0.15, 0.2) is 12.3 Å². The van der Waals surface area contributed by atoms with Crippen LogP contribution in [0, 0.1) is 0 Å². The topological polar surface area (TPSA) is 73.7 Å². The predicted octanol–water partition coefficient (Wildman–Crippen LogP) is 2.03. The highest BCUT2D eigenvalue weighted by molar-refractivity contribution is 6.33. The summed E-state index contributed by atoms with van der Waals surface area (Å²) >= 11 is 5.78. The quantitative estimate of drug-likeness (QED) is 0.829. The van der Waals surface area contributed by atoms with E-state index in [2.05, 4.69) is 4.98 Å². The summed E-state index contributed by atoms with van der Waals surface area (Å²) in [6.45, 7) is 4.66. The molecular weight excluding hydrogens is 256 g/mol. The number of carboxylic acid groups (broad SMARTS) is 1. The van der Waals surface area contributed by atoms with Crippen LogP contribution in [-0.2, 0) is 0 Å². The molecule has 1 heterocycles. The summed E-state index contributed by atoms with van der Waals surface area (Å²) in [4.78, 5) is 17.1. The van der Waals surface area contributed by atoms with Crippen LogP contribution in [0.4, 0.5) is 5.82 Å². The number of aromatic carboxylic acids is 1. The number of hydrogen-bond acceptors (Lipinski definition) is 4. The van der Waals surface area contributed by atoms with Crippen LogP contribution in [0.3, 0.4) is 0 Å². The third-order valence-corrected chi connectivity index (χ3v) is 2.85. The van der Waals surface area contributed by atoms with Gasteiger partial charge in [-0.25, -0.2) is 9.78 Å². The first-order valence-corrected chi connectivity index (χ1v) is 6.11. The van der Waals surface area contributed by atoms with Crippen molar-refractivity contribution in [1.82, 2.24) is 4.98 Å². The number of carbonyl (C=O) groups is 1. The number of aromatic nitrogens is 1. The molecule has 18 heavy (non-hydrogen) atoms. The average molecular weight is 273 g/mol. The Labute approximate surface area is 111 Å². The highest BCUT2D eigenvalue weighted by Crippen LogP contribution is 2.22. The average Bonchev–Trinajstić information content (AvgIpc) is 2.30. The Balaban J connectivity index is 3.05. The standard InChI is InChI=1S/C12H17ClN2O3/c1-8(2)15(4-3-5-16)11-6-9(12(17)18)10(13)7-14-11/h6-8,16H,3-5H2,1-2H3,(H,17,18). The van der Waals surface area contributed by atoms with Gasteiger partial charge in [0.25, 0.3) is 0 Å². The van der Waals surface area contributed by atoms with Gasteiger partial charge in [0.1, 0.15) is 5.82 Å². The summed E-state index contributed by atoms with van der Waals surface area (Å²) in [5.74, 6) is -0.519. The number of hydrogen-bond donors (Lipinski definition) is 2. The Kier molecular flexibility index (Phi) is 5.37. The van der Waals surface area contributed by atoms with E-state index < -0.39 is 5.97 Å². The maximum absolute atomic E-state index is 11.0. The number of halogens is 1. The Morgan fingerprint density at radius 1 is 1.56 bits per heavy atom. The first kappa shape index (κ1) is 14.7. The molecule has 2 N–H and O–H groups in total. The summed E-state index contributed by atoms with van der Waals surface area (Å²) in [5.41, 5.74) is 0.0383. The fraction of sp³-hybridized carbons (Fsp3) is 0.500. The molecule has 0 aliphatic heterocycles. The molecule has 0 fully saturated rings. The molecule has 0 aromatic carbocycles. The van der Waals surface area contributed by atoms with Crippen LogP contribution in [0.25, 0.3) is 0 Å². The lowest BCUT2D eigenvalue weighted by molar-refractivity contribution is 0.0697. The van der Waals surface area contributed by atoms with Crippen molar-refractivity contribution < 1.29 is 15.0 Å². The maximum Gasteiger partial charge on any atom is 0.337 e. The van der Waals surface area contributed by atoms with Crippen LogP contribution in [0.5, 0.6) is 0 Å². The number of rotatable bonds is 6.